The van der Waals surface area contributed by atoms with Crippen molar-refractivity contribution in [2.75, 3.05) is 19.7 Å². The molecule has 1 N–H and O–H groups in total. The molecule has 1 fully saturated rings. The summed E-state index contributed by atoms with van der Waals surface area (Å²) in [4.78, 5) is 30.4. The number of carboxylic acid groups (broad SMARTS) is 1. The van der Waals surface area contributed by atoms with E-state index in [9.17, 15) is 14.7 Å². The quantitative estimate of drug-likeness (QED) is 0.355. The van der Waals surface area contributed by atoms with Crippen molar-refractivity contribution in [2.45, 2.75) is 45.4 Å². The molecule has 3 aromatic rings. The van der Waals surface area contributed by atoms with Crippen molar-refractivity contribution >= 4 is 22.6 Å². The minimum absolute atomic E-state index is 0.133. The number of pyridine rings is 1. The second-order valence-corrected chi connectivity index (χ2v) is 9.20. The number of carbonyl (C=O) groups excluding carboxylic acids is 1. The van der Waals surface area contributed by atoms with Crippen LogP contribution in [0.1, 0.15) is 60.5 Å². The van der Waals surface area contributed by atoms with Crippen molar-refractivity contribution in [3.63, 3.8) is 0 Å². The molecule has 1 aliphatic carbocycles. The molecular formula is C28H30F2N2O4. The molecule has 4 rings (SSSR count). The molecule has 0 aliphatic heterocycles. The van der Waals surface area contributed by atoms with E-state index in [1.807, 2.05) is 6.92 Å². The topological polar surface area (TPSA) is 79.7 Å². The van der Waals surface area contributed by atoms with Crippen LogP contribution in [-0.2, 0) is 6.42 Å². The molecule has 6 nitrogen and oxygen atoms in total. The number of carbonyl (C=O) groups is 2. The molecule has 36 heavy (non-hydrogen) atoms. The maximum atomic E-state index is 15.1. The van der Waals surface area contributed by atoms with Crippen LogP contribution in [0.2, 0.25) is 0 Å². The Morgan fingerprint density at radius 2 is 1.81 bits per heavy atom. The lowest BCUT2D eigenvalue weighted by Gasteiger charge is -2.28. The maximum absolute atomic E-state index is 15.1. The summed E-state index contributed by atoms with van der Waals surface area (Å²) in [6, 6.07) is 8.73. The lowest BCUT2D eigenvalue weighted by atomic mass is 9.89. The van der Waals surface area contributed by atoms with Gasteiger partial charge in [-0.25, -0.2) is 18.6 Å². The van der Waals surface area contributed by atoms with Gasteiger partial charge in [0, 0.05) is 30.2 Å². The van der Waals surface area contributed by atoms with E-state index in [0.717, 1.165) is 37.8 Å². The zero-order chi connectivity index (χ0) is 25.7. The zero-order valence-corrected chi connectivity index (χ0v) is 20.3. The van der Waals surface area contributed by atoms with E-state index in [0.29, 0.717) is 41.3 Å². The van der Waals surface area contributed by atoms with Crippen LogP contribution in [0.3, 0.4) is 0 Å². The number of ether oxygens (including phenoxy) is 1. The van der Waals surface area contributed by atoms with Crippen LogP contribution in [0.15, 0.2) is 42.6 Å². The summed E-state index contributed by atoms with van der Waals surface area (Å²) in [7, 11) is 0. The number of halogens is 2. The van der Waals surface area contributed by atoms with Crippen molar-refractivity contribution in [1.82, 2.24) is 9.88 Å². The van der Waals surface area contributed by atoms with E-state index in [2.05, 4.69) is 4.98 Å². The normalized spacial score (nSPS) is 14.1. The molecule has 0 unspecified atom stereocenters. The van der Waals surface area contributed by atoms with Crippen molar-refractivity contribution in [3.05, 3.63) is 70.9 Å². The number of hydrogen-bond donors (Lipinski definition) is 1. The SMILES string of the molecule is CCOc1nccc2c(C(=O)c3c(F)cc(CCN(CC4CCCCC4)C(=O)O)cc3F)cccc12. The number of nitrogens with zero attached hydrogens (tertiary/aromatic N) is 2. The fourth-order valence-electron chi connectivity index (χ4n) is 4.96. The summed E-state index contributed by atoms with van der Waals surface area (Å²) in [5.41, 5.74) is -0.193. The van der Waals surface area contributed by atoms with Gasteiger partial charge in [-0.1, -0.05) is 31.4 Å². The van der Waals surface area contributed by atoms with E-state index in [-0.39, 0.29) is 18.5 Å². The van der Waals surface area contributed by atoms with Gasteiger partial charge in [0.2, 0.25) is 5.88 Å². The number of hydrogen-bond acceptors (Lipinski definition) is 4. The smallest absolute Gasteiger partial charge is 0.407 e. The summed E-state index contributed by atoms with van der Waals surface area (Å²) in [5, 5.41) is 10.7. The molecule has 0 radical (unpaired) electrons. The van der Waals surface area contributed by atoms with Gasteiger partial charge in [-0.05, 0) is 67.3 Å². The highest BCUT2D eigenvalue weighted by Gasteiger charge is 2.24. The average molecular weight is 497 g/mol. The van der Waals surface area contributed by atoms with E-state index in [4.69, 9.17) is 4.74 Å². The third kappa shape index (κ3) is 5.64. The minimum atomic E-state index is -1.04. The molecule has 2 aromatic carbocycles. The molecule has 8 heteroatoms. The molecule has 0 spiro atoms. The predicted molar refractivity (Wildman–Crippen MR) is 133 cm³/mol. The monoisotopic (exact) mass is 496 g/mol. The first-order valence-corrected chi connectivity index (χ1v) is 12.4. The van der Waals surface area contributed by atoms with Crippen LogP contribution in [0.4, 0.5) is 13.6 Å². The lowest BCUT2D eigenvalue weighted by molar-refractivity contribution is 0.103. The molecular weight excluding hydrogens is 466 g/mol. The Kier molecular flexibility index (Phi) is 8.13. The predicted octanol–water partition coefficient (Wildman–Crippen LogP) is 6.25. The molecule has 1 heterocycles. The zero-order valence-electron chi connectivity index (χ0n) is 20.3. The number of benzene rings is 2. The Balaban J connectivity index is 1.54. The molecule has 190 valence electrons. The Morgan fingerprint density at radius 3 is 2.47 bits per heavy atom. The summed E-state index contributed by atoms with van der Waals surface area (Å²) in [5.74, 6) is -2.06. The van der Waals surface area contributed by atoms with Gasteiger partial charge in [0.25, 0.3) is 0 Å². The third-order valence-corrected chi connectivity index (χ3v) is 6.77. The first-order chi connectivity index (χ1) is 17.4. The molecule has 1 saturated carbocycles. The Morgan fingerprint density at radius 1 is 1.08 bits per heavy atom. The first-order valence-electron chi connectivity index (χ1n) is 12.4. The number of fused-ring (bicyclic) bond motifs is 1. The highest BCUT2D eigenvalue weighted by Crippen LogP contribution is 2.29. The van der Waals surface area contributed by atoms with Gasteiger partial charge in [0.1, 0.15) is 11.6 Å². The Labute approximate surface area is 208 Å². The third-order valence-electron chi connectivity index (χ3n) is 6.77. The number of rotatable bonds is 9. The number of amides is 1. The Hall–Kier alpha value is -3.55. The highest BCUT2D eigenvalue weighted by atomic mass is 19.1. The van der Waals surface area contributed by atoms with Gasteiger partial charge in [-0.3, -0.25) is 4.79 Å². The second kappa shape index (κ2) is 11.5. The molecule has 0 atom stereocenters. The Bertz CT molecular complexity index is 1230. The summed E-state index contributed by atoms with van der Waals surface area (Å²) >= 11 is 0. The molecule has 0 bridgehead atoms. The van der Waals surface area contributed by atoms with Crippen LogP contribution >= 0.6 is 0 Å². The van der Waals surface area contributed by atoms with E-state index >= 15 is 8.78 Å². The fourth-order valence-corrected chi connectivity index (χ4v) is 4.96. The largest absolute Gasteiger partial charge is 0.478 e. The van der Waals surface area contributed by atoms with Gasteiger partial charge in [0.15, 0.2) is 5.78 Å². The second-order valence-electron chi connectivity index (χ2n) is 9.20. The lowest BCUT2D eigenvalue weighted by Crippen LogP contribution is -2.36. The molecule has 1 aliphatic rings. The standard InChI is InChI=1S/C28H30F2N2O4/c1-2-36-27-22-10-6-9-21(20(22)11-13-31-27)26(33)25-23(29)15-19(16-24(25)30)12-14-32(28(34)35)17-18-7-4-3-5-8-18/h6,9-11,13,15-16,18H,2-5,7-8,12,14,17H2,1H3,(H,34,35). The molecule has 1 aromatic heterocycles. The summed E-state index contributed by atoms with van der Waals surface area (Å²) < 4.78 is 35.7. The van der Waals surface area contributed by atoms with Crippen molar-refractivity contribution in [2.24, 2.45) is 5.92 Å². The van der Waals surface area contributed by atoms with Gasteiger partial charge in [-0.15, -0.1) is 0 Å². The number of ketones is 1. The van der Waals surface area contributed by atoms with Crippen LogP contribution in [0.25, 0.3) is 10.8 Å². The van der Waals surface area contributed by atoms with Crippen LogP contribution in [-0.4, -0.2) is 46.6 Å². The summed E-state index contributed by atoms with van der Waals surface area (Å²) in [6.07, 6.45) is 5.98. The first kappa shape index (κ1) is 25.5. The maximum Gasteiger partial charge on any atom is 0.407 e. The van der Waals surface area contributed by atoms with Crippen LogP contribution < -0.4 is 4.74 Å². The van der Waals surface area contributed by atoms with Crippen LogP contribution in [0, 0.1) is 17.6 Å². The number of aromatic nitrogens is 1. The van der Waals surface area contributed by atoms with Crippen molar-refractivity contribution < 1.29 is 28.2 Å². The van der Waals surface area contributed by atoms with Gasteiger partial charge in [-0.2, -0.15) is 0 Å². The molecule has 1 amide bonds. The fraction of sp³-hybridized carbons (Fsp3) is 0.393. The minimum Gasteiger partial charge on any atom is -0.478 e. The van der Waals surface area contributed by atoms with Crippen molar-refractivity contribution in [3.8, 4) is 5.88 Å². The van der Waals surface area contributed by atoms with Gasteiger partial charge >= 0.3 is 6.09 Å². The average Bonchev–Trinajstić information content (AvgIpc) is 2.86. The van der Waals surface area contributed by atoms with E-state index < -0.39 is 29.1 Å². The van der Waals surface area contributed by atoms with Gasteiger partial charge in [0.05, 0.1) is 12.2 Å². The summed E-state index contributed by atoms with van der Waals surface area (Å²) in [6.45, 7) is 2.76. The van der Waals surface area contributed by atoms with Crippen LogP contribution in [0.5, 0.6) is 5.88 Å². The van der Waals surface area contributed by atoms with Gasteiger partial charge < -0.3 is 14.7 Å². The molecule has 0 saturated heterocycles. The van der Waals surface area contributed by atoms with E-state index in [1.165, 1.54) is 23.6 Å². The highest BCUT2D eigenvalue weighted by molar-refractivity contribution is 6.17. The van der Waals surface area contributed by atoms with Crippen molar-refractivity contribution in [1.29, 1.82) is 0 Å². The van der Waals surface area contributed by atoms with E-state index in [1.54, 1.807) is 18.2 Å².